The number of amides is 1. The SMILES string of the molecule is CC(C)Cc1cc(C(=O)Nc2cnn3c2NCCC3)no1. The summed E-state index contributed by atoms with van der Waals surface area (Å²) in [5, 5.41) is 14.1. The monoisotopic (exact) mass is 289 g/mol. The molecule has 7 nitrogen and oxygen atoms in total. The first-order chi connectivity index (χ1) is 10.1. The fraction of sp³-hybridized carbons (Fsp3) is 0.500. The third-order valence-electron chi connectivity index (χ3n) is 3.33. The summed E-state index contributed by atoms with van der Waals surface area (Å²) in [6.45, 7) is 5.93. The van der Waals surface area contributed by atoms with Gasteiger partial charge in [0, 0.05) is 25.6 Å². The first-order valence-corrected chi connectivity index (χ1v) is 7.20. The van der Waals surface area contributed by atoms with E-state index in [2.05, 4.69) is 34.7 Å². The second-order valence-electron chi connectivity index (χ2n) is 5.64. The molecule has 7 heteroatoms. The number of carbonyl (C=O) groups excluding carboxylic acids is 1. The Balaban J connectivity index is 1.71. The number of nitrogens with one attached hydrogen (secondary N) is 2. The van der Waals surface area contributed by atoms with Crippen molar-refractivity contribution in [2.24, 2.45) is 5.92 Å². The molecule has 112 valence electrons. The Morgan fingerprint density at radius 3 is 3.24 bits per heavy atom. The first kappa shape index (κ1) is 13.7. The summed E-state index contributed by atoms with van der Waals surface area (Å²) < 4.78 is 7.03. The van der Waals surface area contributed by atoms with E-state index in [1.807, 2.05) is 4.68 Å². The van der Waals surface area contributed by atoms with E-state index in [-0.39, 0.29) is 5.91 Å². The van der Waals surface area contributed by atoms with Crippen molar-refractivity contribution in [2.75, 3.05) is 17.2 Å². The van der Waals surface area contributed by atoms with E-state index in [9.17, 15) is 4.79 Å². The number of rotatable bonds is 4. The molecule has 0 aromatic carbocycles. The van der Waals surface area contributed by atoms with Crippen molar-refractivity contribution in [3.8, 4) is 0 Å². The van der Waals surface area contributed by atoms with E-state index in [1.165, 1.54) is 0 Å². The quantitative estimate of drug-likeness (QED) is 0.900. The summed E-state index contributed by atoms with van der Waals surface area (Å²) in [4.78, 5) is 12.2. The van der Waals surface area contributed by atoms with Crippen LogP contribution in [0.25, 0.3) is 0 Å². The molecular formula is C14H19N5O2. The van der Waals surface area contributed by atoms with Crippen LogP contribution in [0, 0.1) is 5.92 Å². The van der Waals surface area contributed by atoms with E-state index in [0.29, 0.717) is 17.3 Å². The van der Waals surface area contributed by atoms with Crippen molar-refractivity contribution in [3.63, 3.8) is 0 Å². The summed E-state index contributed by atoms with van der Waals surface area (Å²) in [5.41, 5.74) is 0.967. The fourth-order valence-electron chi connectivity index (χ4n) is 2.37. The van der Waals surface area contributed by atoms with Gasteiger partial charge in [-0.15, -0.1) is 0 Å². The Morgan fingerprint density at radius 1 is 1.57 bits per heavy atom. The Labute approximate surface area is 122 Å². The van der Waals surface area contributed by atoms with Crippen molar-refractivity contribution in [2.45, 2.75) is 33.2 Å². The number of anilines is 2. The highest BCUT2D eigenvalue weighted by atomic mass is 16.5. The van der Waals surface area contributed by atoms with Gasteiger partial charge < -0.3 is 15.2 Å². The molecule has 0 unspecified atom stereocenters. The summed E-state index contributed by atoms with van der Waals surface area (Å²) >= 11 is 0. The van der Waals surface area contributed by atoms with Crippen LogP contribution in [0.2, 0.25) is 0 Å². The number of hydrogen-bond acceptors (Lipinski definition) is 5. The molecule has 21 heavy (non-hydrogen) atoms. The Bertz CT molecular complexity index is 644. The number of hydrogen-bond donors (Lipinski definition) is 2. The minimum absolute atomic E-state index is 0.281. The van der Waals surface area contributed by atoms with Crippen LogP contribution < -0.4 is 10.6 Å². The Morgan fingerprint density at radius 2 is 2.43 bits per heavy atom. The number of fused-ring (bicyclic) bond motifs is 1. The van der Waals surface area contributed by atoms with Gasteiger partial charge in [-0.1, -0.05) is 19.0 Å². The average molecular weight is 289 g/mol. The molecule has 2 aromatic rings. The van der Waals surface area contributed by atoms with Crippen LogP contribution in [0.1, 0.15) is 36.5 Å². The zero-order chi connectivity index (χ0) is 14.8. The molecule has 0 spiro atoms. The number of aryl methyl sites for hydroxylation is 1. The van der Waals surface area contributed by atoms with Crippen LogP contribution in [0.4, 0.5) is 11.5 Å². The van der Waals surface area contributed by atoms with Gasteiger partial charge in [-0.05, 0) is 12.3 Å². The highest BCUT2D eigenvalue weighted by Gasteiger charge is 2.19. The van der Waals surface area contributed by atoms with Crippen LogP contribution in [-0.2, 0) is 13.0 Å². The predicted octanol–water partition coefficient (Wildman–Crippen LogP) is 2.14. The zero-order valence-corrected chi connectivity index (χ0v) is 12.2. The second-order valence-corrected chi connectivity index (χ2v) is 5.64. The molecule has 0 saturated carbocycles. The number of nitrogens with zero attached hydrogens (tertiary/aromatic N) is 3. The van der Waals surface area contributed by atoms with Gasteiger partial charge in [0.25, 0.3) is 5.91 Å². The predicted molar refractivity (Wildman–Crippen MR) is 78.3 cm³/mol. The van der Waals surface area contributed by atoms with E-state index < -0.39 is 0 Å². The standard InChI is InChI=1S/C14H19N5O2/c1-9(2)6-10-7-11(18-21-10)14(20)17-12-8-16-19-5-3-4-15-13(12)19/h7-9,15H,3-6H2,1-2H3,(H,17,20). The van der Waals surface area contributed by atoms with Crippen LogP contribution in [0.3, 0.4) is 0 Å². The smallest absolute Gasteiger partial charge is 0.277 e. The lowest BCUT2D eigenvalue weighted by Gasteiger charge is -2.16. The molecule has 0 aliphatic carbocycles. The summed E-state index contributed by atoms with van der Waals surface area (Å²) in [6, 6.07) is 1.69. The average Bonchev–Trinajstić information content (AvgIpc) is 3.06. The van der Waals surface area contributed by atoms with E-state index in [0.717, 1.165) is 37.5 Å². The fourth-order valence-corrected chi connectivity index (χ4v) is 2.37. The number of carbonyl (C=O) groups is 1. The maximum absolute atomic E-state index is 12.2. The van der Waals surface area contributed by atoms with Crippen molar-refractivity contribution in [3.05, 3.63) is 23.7 Å². The maximum atomic E-state index is 12.2. The Hall–Kier alpha value is -2.31. The van der Waals surface area contributed by atoms with Gasteiger partial charge in [0.1, 0.15) is 17.3 Å². The lowest BCUT2D eigenvalue weighted by Crippen LogP contribution is -2.19. The molecule has 0 fully saturated rings. The molecule has 1 aliphatic heterocycles. The topological polar surface area (TPSA) is 85.0 Å². The highest BCUT2D eigenvalue weighted by molar-refractivity contribution is 6.04. The van der Waals surface area contributed by atoms with Crippen LogP contribution in [0.15, 0.2) is 16.8 Å². The molecular weight excluding hydrogens is 270 g/mol. The molecule has 1 amide bonds. The third-order valence-corrected chi connectivity index (χ3v) is 3.33. The van der Waals surface area contributed by atoms with Crippen molar-refractivity contribution < 1.29 is 9.32 Å². The molecule has 0 saturated heterocycles. The Kier molecular flexibility index (Phi) is 3.64. The van der Waals surface area contributed by atoms with Gasteiger partial charge in [-0.2, -0.15) is 5.10 Å². The van der Waals surface area contributed by atoms with Crippen molar-refractivity contribution >= 4 is 17.4 Å². The van der Waals surface area contributed by atoms with Gasteiger partial charge in [0.2, 0.25) is 0 Å². The lowest BCUT2D eigenvalue weighted by molar-refractivity contribution is 0.101. The van der Waals surface area contributed by atoms with Crippen LogP contribution >= 0.6 is 0 Å². The van der Waals surface area contributed by atoms with Crippen molar-refractivity contribution in [1.29, 1.82) is 0 Å². The van der Waals surface area contributed by atoms with Gasteiger partial charge in [-0.3, -0.25) is 4.79 Å². The molecule has 2 N–H and O–H groups in total. The van der Waals surface area contributed by atoms with Gasteiger partial charge in [-0.25, -0.2) is 4.68 Å². The first-order valence-electron chi connectivity index (χ1n) is 7.20. The van der Waals surface area contributed by atoms with Gasteiger partial charge in [0.15, 0.2) is 5.69 Å². The lowest BCUT2D eigenvalue weighted by atomic mass is 10.1. The molecule has 0 radical (unpaired) electrons. The van der Waals surface area contributed by atoms with Gasteiger partial charge in [0.05, 0.1) is 6.20 Å². The molecule has 3 heterocycles. The minimum Gasteiger partial charge on any atom is -0.368 e. The summed E-state index contributed by atoms with van der Waals surface area (Å²) in [5.74, 6) is 1.75. The summed E-state index contributed by atoms with van der Waals surface area (Å²) in [7, 11) is 0. The molecule has 2 aromatic heterocycles. The largest absolute Gasteiger partial charge is 0.368 e. The van der Waals surface area contributed by atoms with Crippen molar-refractivity contribution in [1.82, 2.24) is 14.9 Å². The van der Waals surface area contributed by atoms with Crippen LogP contribution in [-0.4, -0.2) is 27.4 Å². The third kappa shape index (κ3) is 2.91. The van der Waals surface area contributed by atoms with Gasteiger partial charge >= 0.3 is 0 Å². The molecule has 0 atom stereocenters. The van der Waals surface area contributed by atoms with Crippen LogP contribution in [0.5, 0.6) is 0 Å². The van der Waals surface area contributed by atoms with E-state index in [4.69, 9.17) is 4.52 Å². The van der Waals surface area contributed by atoms with E-state index >= 15 is 0 Å². The molecule has 0 bridgehead atoms. The zero-order valence-electron chi connectivity index (χ0n) is 12.2. The highest BCUT2D eigenvalue weighted by Crippen LogP contribution is 2.24. The molecule has 1 aliphatic rings. The molecule has 3 rings (SSSR count). The number of aromatic nitrogens is 3. The normalized spacial score (nSPS) is 13.9. The van der Waals surface area contributed by atoms with E-state index in [1.54, 1.807) is 12.3 Å². The minimum atomic E-state index is -0.281. The summed E-state index contributed by atoms with van der Waals surface area (Å²) in [6.07, 6.45) is 3.45. The second kappa shape index (κ2) is 5.59. The maximum Gasteiger partial charge on any atom is 0.277 e.